The third-order valence-corrected chi connectivity index (χ3v) is 3.12. The maximum absolute atomic E-state index is 11.9. The summed E-state index contributed by atoms with van der Waals surface area (Å²) in [7, 11) is 1.59. The smallest absolute Gasteiger partial charge is 0.330 e. The van der Waals surface area contributed by atoms with Crippen LogP contribution in [0.25, 0.3) is 0 Å². The minimum atomic E-state index is -1.05. The van der Waals surface area contributed by atoms with E-state index in [0.717, 1.165) is 5.56 Å². The first-order chi connectivity index (χ1) is 8.06. The van der Waals surface area contributed by atoms with Gasteiger partial charge in [-0.3, -0.25) is 0 Å². The van der Waals surface area contributed by atoms with Crippen molar-refractivity contribution in [2.24, 2.45) is 11.7 Å². The second-order valence-corrected chi connectivity index (χ2v) is 4.61. The molecule has 0 unspecified atom stereocenters. The Balaban J connectivity index is 2.38. The van der Waals surface area contributed by atoms with E-state index in [1.54, 1.807) is 13.2 Å². The SMILES string of the molecule is COc1cccc([C@@]2(N)C[C@@H](C)COC2=O)c1. The molecule has 0 saturated carbocycles. The molecule has 1 aromatic carbocycles. The van der Waals surface area contributed by atoms with Gasteiger partial charge in [0.25, 0.3) is 0 Å². The molecule has 1 heterocycles. The first kappa shape index (κ1) is 11.9. The van der Waals surface area contributed by atoms with E-state index < -0.39 is 5.54 Å². The normalized spacial score (nSPS) is 28.6. The third kappa shape index (κ3) is 2.13. The Bertz CT molecular complexity index is 432. The van der Waals surface area contributed by atoms with Gasteiger partial charge in [-0.25, -0.2) is 4.79 Å². The van der Waals surface area contributed by atoms with Crippen LogP contribution in [0.1, 0.15) is 18.9 Å². The molecular weight excluding hydrogens is 218 g/mol. The molecule has 0 amide bonds. The van der Waals surface area contributed by atoms with Crippen LogP contribution in [0, 0.1) is 5.92 Å². The highest BCUT2D eigenvalue weighted by Crippen LogP contribution is 2.33. The van der Waals surface area contributed by atoms with E-state index in [2.05, 4.69) is 0 Å². The number of rotatable bonds is 2. The Morgan fingerprint density at radius 2 is 2.29 bits per heavy atom. The van der Waals surface area contributed by atoms with E-state index in [1.165, 1.54) is 0 Å². The number of cyclic esters (lactones) is 1. The van der Waals surface area contributed by atoms with Crippen molar-refractivity contribution in [2.45, 2.75) is 18.9 Å². The van der Waals surface area contributed by atoms with Gasteiger partial charge in [-0.15, -0.1) is 0 Å². The number of ether oxygens (including phenoxy) is 2. The van der Waals surface area contributed by atoms with E-state index in [1.807, 2.05) is 25.1 Å². The van der Waals surface area contributed by atoms with E-state index in [9.17, 15) is 4.79 Å². The number of esters is 1. The summed E-state index contributed by atoms with van der Waals surface area (Å²) >= 11 is 0. The average Bonchev–Trinajstić information content (AvgIpc) is 2.34. The molecule has 4 nitrogen and oxygen atoms in total. The second-order valence-electron chi connectivity index (χ2n) is 4.61. The minimum Gasteiger partial charge on any atom is -0.497 e. The number of carbonyl (C=O) groups excluding carboxylic acids is 1. The van der Waals surface area contributed by atoms with Crippen molar-refractivity contribution < 1.29 is 14.3 Å². The number of nitrogens with two attached hydrogens (primary N) is 1. The lowest BCUT2D eigenvalue weighted by Crippen LogP contribution is -2.51. The highest BCUT2D eigenvalue weighted by Gasteiger charge is 2.42. The van der Waals surface area contributed by atoms with Crippen LogP contribution >= 0.6 is 0 Å². The quantitative estimate of drug-likeness (QED) is 0.788. The van der Waals surface area contributed by atoms with E-state index in [-0.39, 0.29) is 11.9 Å². The zero-order valence-corrected chi connectivity index (χ0v) is 10.1. The van der Waals surface area contributed by atoms with E-state index in [4.69, 9.17) is 15.2 Å². The lowest BCUT2D eigenvalue weighted by atomic mass is 9.81. The third-order valence-electron chi connectivity index (χ3n) is 3.12. The molecule has 0 spiro atoms. The Morgan fingerprint density at radius 1 is 1.53 bits per heavy atom. The Morgan fingerprint density at radius 3 is 3.00 bits per heavy atom. The molecule has 4 heteroatoms. The summed E-state index contributed by atoms with van der Waals surface area (Å²) in [5.74, 6) is 0.603. The van der Waals surface area contributed by atoms with Gasteiger partial charge < -0.3 is 15.2 Å². The van der Waals surface area contributed by atoms with Gasteiger partial charge in [-0.2, -0.15) is 0 Å². The number of carbonyl (C=O) groups is 1. The molecule has 1 aliphatic heterocycles. The van der Waals surface area contributed by atoms with Gasteiger partial charge in [0.1, 0.15) is 11.3 Å². The second kappa shape index (κ2) is 4.37. The van der Waals surface area contributed by atoms with Gasteiger partial charge in [-0.05, 0) is 30.0 Å². The van der Waals surface area contributed by atoms with E-state index in [0.29, 0.717) is 18.8 Å². The maximum atomic E-state index is 11.9. The van der Waals surface area contributed by atoms with Gasteiger partial charge in [0.05, 0.1) is 13.7 Å². The number of methoxy groups -OCH3 is 1. The maximum Gasteiger partial charge on any atom is 0.330 e. The van der Waals surface area contributed by atoms with Gasteiger partial charge in [-0.1, -0.05) is 19.1 Å². The minimum absolute atomic E-state index is 0.268. The lowest BCUT2D eigenvalue weighted by Gasteiger charge is -2.35. The Labute approximate surface area is 101 Å². The number of benzene rings is 1. The molecule has 0 bridgehead atoms. The fourth-order valence-electron chi connectivity index (χ4n) is 2.17. The summed E-state index contributed by atoms with van der Waals surface area (Å²) in [6.45, 7) is 2.47. The van der Waals surface area contributed by atoms with Crippen molar-refractivity contribution in [1.82, 2.24) is 0 Å². The summed E-state index contributed by atoms with van der Waals surface area (Å²) in [4.78, 5) is 11.9. The van der Waals surface area contributed by atoms with Crippen molar-refractivity contribution in [3.8, 4) is 5.75 Å². The molecule has 2 rings (SSSR count). The molecule has 0 aromatic heterocycles. The van der Waals surface area contributed by atoms with Crippen LogP contribution in [0.15, 0.2) is 24.3 Å². The van der Waals surface area contributed by atoms with Crippen LogP contribution in [0.3, 0.4) is 0 Å². The zero-order valence-electron chi connectivity index (χ0n) is 10.1. The highest BCUT2D eigenvalue weighted by atomic mass is 16.5. The van der Waals surface area contributed by atoms with Crippen LogP contribution in [0.4, 0.5) is 0 Å². The molecule has 17 heavy (non-hydrogen) atoms. The zero-order chi connectivity index (χ0) is 12.5. The number of hydrogen-bond acceptors (Lipinski definition) is 4. The summed E-state index contributed by atoms with van der Waals surface area (Å²) in [5, 5.41) is 0. The van der Waals surface area contributed by atoms with Crippen molar-refractivity contribution in [3.05, 3.63) is 29.8 Å². The van der Waals surface area contributed by atoms with Crippen LogP contribution in [-0.2, 0) is 15.1 Å². The predicted molar refractivity (Wildman–Crippen MR) is 63.6 cm³/mol. The lowest BCUT2D eigenvalue weighted by molar-refractivity contribution is -0.158. The first-order valence-corrected chi connectivity index (χ1v) is 5.67. The Hall–Kier alpha value is -1.55. The average molecular weight is 235 g/mol. The van der Waals surface area contributed by atoms with Crippen molar-refractivity contribution in [1.29, 1.82) is 0 Å². The topological polar surface area (TPSA) is 61.6 Å². The van der Waals surface area contributed by atoms with Crippen LogP contribution < -0.4 is 10.5 Å². The number of hydrogen-bond donors (Lipinski definition) is 1. The van der Waals surface area contributed by atoms with Crippen molar-refractivity contribution in [3.63, 3.8) is 0 Å². The fraction of sp³-hybridized carbons (Fsp3) is 0.462. The molecular formula is C13H17NO3. The largest absolute Gasteiger partial charge is 0.497 e. The molecule has 1 aromatic rings. The Kier molecular flexibility index (Phi) is 3.07. The predicted octanol–water partition coefficient (Wildman–Crippen LogP) is 1.43. The van der Waals surface area contributed by atoms with Gasteiger partial charge in [0.2, 0.25) is 0 Å². The summed E-state index contributed by atoms with van der Waals surface area (Å²) in [6, 6.07) is 7.28. The van der Waals surface area contributed by atoms with Crippen molar-refractivity contribution in [2.75, 3.05) is 13.7 Å². The summed E-state index contributed by atoms with van der Waals surface area (Å²) < 4.78 is 10.3. The van der Waals surface area contributed by atoms with Gasteiger partial charge >= 0.3 is 5.97 Å². The molecule has 0 radical (unpaired) electrons. The molecule has 2 N–H and O–H groups in total. The molecule has 0 aliphatic carbocycles. The highest BCUT2D eigenvalue weighted by molar-refractivity contribution is 5.83. The van der Waals surface area contributed by atoms with Gasteiger partial charge in [0, 0.05) is 0 Å². The monoisotopic (exact) mass is 235 g/mol. The molecule has 1 aliphatic rings. The summed E-state index contributed by atoms with van der Waals surface area (Å²) in [5.41, 5.74) is 5.90. The van der Waals surface area contributed by atoms with Crippen molar-refractivity contribution >= 4 is 5.97 Å². The molecule has 1 saturated heterocycles. The molecule has 92 valence electrons. The molecule has 2 atom stereocenters. The standard InChI is InChI=1S/C13H17NO3/c1-9-7-13(14,12(15)17-8-9)10-4-3-5-11(6-10)16-2/h3-6,9H,7-8,14H2,1-2H3/t9-,13+/m1/s1. The van der Waals surface area contributed by atoms with Crippen LogP contribution in [0.5, 0.6) is 5.75 Å². The molecule has 1 fully saturated rings. The van der Waals surface area contributed by atoms with Crippen LogP contribution in [-0.4, -0.2) is 19.7 Å². The first-order valence-electron chi connectivity index (χ1n) is 5.67. The van der Waals surface area contributed by atoms with Gasteiger partial charge in [0.15, 0.2) is 0 Å². The van der Waals surface area contributed by atoms with Crippen LogP contribution in [0.2, 0.25) is 0 Å². The summed E-state index contributed by atoms with van der Waals surface area (Å²) in [6.07, 6.45) is 0.596. The van der Waals surface area contributed by atoms with E-state index >= 15 is 0 Å². The fourth-order valence-corrected chi connectivity index (χ4v) is 2.17.